The number of alkyl halides is 1. The van der Waals surface area contributed by atoms with Crippen LogP contribution in [0.15, 0.2) is 49.2 Å². The second-order valence-electron chi connectivity index (χ2n) is 7.39. The second kappa shape index (κ2) is 7.33. The number of hydrogen-bond donors (Lipinski definition) is 0. The van der Waals surface area contributed by atoms with Crippen LogP contribution in [0.1, 0.15) is 45.1 Å². The third-order valence-electron chi connectivity index (χ3n) is 5.31. The summed E-state index contributed by atoms with van der Waals surface area (Å²) >= 11 is 0. The number of hydrogen-bond acceptors (Lipinski definition) is 1. The summed E-state index contributed by atoms with van der Waals surface area (Å²) in [6, 6.07) is 10.2. The summed E-state index contributed by atoms with van der Waals surface area (Å²) in [5, 5.41) is 0. The Morgan fingerprint density at radius 1 is 1.22 bits per heavy atom. The molecule has 23 heavy (non-hydrogen) atoms. The van der Waals surface area contributed by atoms with Crippen LogP contribution < -0.4 is 0 Å². The molecule has 2 rings (SSSR count). The lowest BCUT2D eigenvalue weighted by molar-refractivity contribution is 0.162. The van der Waals surface area contributed by atoms with Crippen molar-refractivity contribution in [2.24, 2.45) is 11.8 Å². The molecule has 1 saturated carbocycles. The van der Waals surface area contributed by atoms with Crippen molar-refractivity contribution in [1.82, 2.24) is 4.90 Å². The van der Waals surface area contributed by atoms with Gasteiger partial charge in [-0.15, -0.1) is 0 Å². The van der Waals surface area contributed by atoms with E-state index in [2.05, 4.69) is 44.2 Å². The third-order valence-corrected chi connectivity index (χ3v) is 5.31. The van der Waals surface area contributed by atoms with Gasteiger partial charge >= 0.3 is 0 Å². The van der Waals surface area contributed by atoms with Crippen LogP contribution in [-0.2, 0) is 0 Å². The molecule has 0 spiro atoms. The van der Waals surface area contributed by atoms with Gasteiger partial charge in [-0.2, -0.15) is 0 Å². The molecule has 2 heteroatoms. The van der Waals surface area contributed by atoms with Gasteiger partial charge in [-0.05, 0) is 49.7 Å². The molecule has 126 valence electrons. The highest BCUT2D eigenvalue weighted by molar-refractivity contribution is 5.64. The summed E-state index contributed by atoms with van der Waals surface area (Å²) in [6.45, 7) is 13.3. The lowest BCUT2D eigenvalue weighted by Gasteiger charge is -2.32. The van der Waals surface area contributed by atoms with Crippen molar-refractivity contribution in [1.29, 1.82) is 0 Å². The lowest BCUT2D eigenvalue weighted by Crippen LogP contribution is -2.27. The van der Waals surface area contributed by atoms with Crippen LogP contribution in [-0.4, -0.2) is 24.2 Å². The predicted molar refractivity (Wildman–Crippen MR) is 97.9 cm³/mol. The van der Waals surface area contributed by atoms with E-state index in [0.29, 0.717) is 24.7 Å². The van der Waals surface area contributed by atoms with Gasteiger partial charge in [-0.25, -0.2) is 4.39 Å². The van der Waals surface area contributed by atoms with E-state index in [-0.39, 0.29) is 0 Å². The van der Waals surface area contributed by atoms with Crippen molar-refractivity contribution in [2.45, 2.75) is 45.2 Å². The van der Waals surface area contributed by atoms with Gasteiger partial charge in [-0.1, -0.05) is 50.4 Å². The Hall–Kier alpha value is -1.57. The number of allylic oxidation sites excluding steroid dienone is 1. The van der Waals surface area contributed by atoms with Crippen molar-refractivity contribution in [3.05, 3.63) is 54.8 Å². The maximum atomic E-state index is 14.3. The van der Waals surface area contributed by atoms with Crippen molar-refractivity contribution < 1.29 is 4.39 Å². The monoisotopic (exact) mass is 315 g/mol. The van der Waals surface area contributed by atoms with E-state index in [0.717, 1.165) is 36.2 Å². The summed E-state index contributed by atoms with van der Waals surface area (Å²) in [6.07, 6.45) is 3.12. The Balaban J connectivity index is 2.00. The summed E-state index contributed by atoms with van der Waals surface area (Å²) in [4.78, 5) is 2.19. The molecule has 0 bridgehead atoms. The fourth-order valence-electron chi connectivity index (χ4n) is 3.53. The molecule has 0 saturated heterocycles. The van der Waals surface area contributed by atoms with Crippen LogP contribution in [0.4, 0.5) is 4.39 Å². The van der Waals surface area contributed by atoms with Crippen LogP contribution >= 0.6 is 0 Å². The molecule has 0 aromatic heterocycles. The maximum Gasteiger partial charge on any atom is 0.108 e. The van der Waals surface area contributed by atoms with Gasteiger partial charge in [0.15, 0.2) is 0 Å². The van der Waals surface area contributed by atoms with Crippen LogP contribution in [0.25, 0.3) is 5.57 Å². The van der Waals surface area contributed by atoms with E-state index < -0.39 is 5.67 Å². The summed E-state index contributed by atoms with van der Waals surface area (Å²) in [5.74, 6) is 0.841. The molecular weight excluding hydrogens is 285 g/mol. The molecule has 0 radical (unpaired) electrons. The molecule has 0 aliphatic heterocycles. The van der Waals surface area contributed by atoms with Crippen LogP contribution in [0.2, 0.25) is 0 Å². The van der Waals surface area contributed by atoms with Crippen molar-refractivity contribution >= 4 is 5.57 Å². The Labute approximate surface area is 140 Å². The van der Waals surface area contributed by atoms with E-state index in [1.165, 1.54) is 0 Å². The van der Waals surface area contributed by atoms with Crippen molar-refractivity contribution in [3.63, 3.8) is 0 Å². The molecule has 1 aliphatic rings. The third kappa shape index (κ3) is 4.70. The minimum absolute atomic E-state index is 0.362. The van der Waals surface area contributed by atoms with Gasteiger partial charge < -0.3 is 4.90 Å². The molecular formula is C21H30FN. The smallest absolute Gasteiger partial charge is 0.108 e. The van der Waals surface area contributed by atoms with E-state index in [1.54, 1.807) is 6.92 Å². The van der Waals surface area contributed by atoms with Crippen molar-refractivity contribution in [3.8, 4) is 0 Å². The Kier molecular flexibility index (Phi) is 5.67. The van der Waals surface area contributed by atoms with Crippen LogP contribution in [0, 0.1) is 11.8 Å². The first kappa shape index (κ1) is 17.8. The highest BCUT2D eigenvalue weighted by atomic mass is 19.1. The Morgan fingerprint density at radius 3 is 2.48 bits per heavy atom. The largest absolute Gasteiger partial charge is 0.374 e. The highest BCUT2D eigenvalue weighted by Gasteiger charge is 2.33. The van der Waals surface area contributed by atoms with E-state index in [4.69, 9.17) is 0 Å². The highest BCUT2D eigenvalue weighted by Crippen LogP contribution is 2.39. The summed E-state index contributed by atoms with van der Waals surface area (Å²) in [7, 11) is 2.07. The quantitative estimate of drug-likeness (QED) is 0.630. The molecule has 1 aromatic rings. The van der Waals surface area contributed by atoms with Crippen molar-refractivity contribution in [2.75, 3.05) is 13.6 Å². The second-order valence-corrected chi connectivity index (χ2v) is 7.39. The van der Waals surface area contributed by atoms with E-state index in [1.807, 2.05) is 18.2 Å². The van der Waals surface area contributed by atoms with Gasteiger partial charge in [0.1, 0.15) is 5.67 Å². The fraction of sp³-hybridized carbons (Fsp3) is 0.524. The van der Waals surface area contributed by atoms with Gasteiger partial charge in [0, 0.05) is 25.2 Å². The minimum atomic E-state index is -1.02. The van der Waals surface area contributed by atoms with Crippen LogP contribution in [0.5, 0.6) is 0 Å². The number of nitrogens with zero attached hydrogens (tertiary/aromatic N) is 1. The minimum Gasteiger partial charge on any atom is -0.374 e. The number of rotatable bonds is 5. The van der Waals surface area contributed by atoms with Gasteiger partial charge in [0.25, 0.3) is 0 Å². The predicted octanol–water partition coefficient (Wildman–Crippen LogP) is 5.70. The lowest BCUT2D eigenvalue weighted by atomic mass is 9.86. The molecule has 1 aliphatic carbocycles. The molecule has 3 unspecified atom stereocenters. The zero-order chi connectivity index (χ0) is 17.0. The average Bonchev–Trinajstić information content (AvgIpc) is 2.66. The summed E-state index contributed by atoms with van der Waals surface area (Å²) < 4.78 is 14.3. The fourth-order valence-corrected chi connectivity index (χ4v) is 3.53. The van der Waals surface area contributed by atoms with Gasteiger partial charge in [0.2, 0.25) is 0 Å². The number of halogens is 1. The molecule has 0 heterocycles. The average molecular weight is 315 g/mol. The molecule has 0 amide bonds. The normalized spacial score (nSPS) is 28.0. The Morgan fingerprint density at radius 2 is 1.83 bits per heavy atom. The molecule has 1 fully saturated rings. The number of likely N-dealkylation sites (N-methyl/N-ethyl adjacent to an activating group) is 1. The molecule has 1 nitrogen and oxygen atoms in total. The van der Waals surface area contributed by atoms with Gasteiger partial charge in [0.05, 0.1) is 0 Å². The molecule has 1 aromatic carbocycles. The topological polar surface area (TPSA) is 3.24 Å². The molecule has 3 atom stereocenters. The van der Waals surface area contributed by atoms with Crippen LogP contribution in [0.3, 0.4) is 0 Å². The standard InChI is InChI=1S/C21H30FN/c1-16-11-13-21(4,22)14-12-20(16)18(3)23(5)15-17(2)19-9-7-6-8-10-19/h6-10,16,20H,2-3,11-15H2,1,4-5H3. The van der Waals surface area contributed by atoms with E-state index >= 15 is 0 Å². The zero-order valence-corrected chi connectivity index (χ0v) is 14.8. The first-order valence-electron chi connectivity index (χ1n) is 8.62. The Bertz CT molecular complexity index is 546. The zero-order valence-electron chi connectivity index (χ0n) is 14.8. The number of benzene rings is 1. The van der Waals surface area contributed by atoms with E-state index in [9.17, 15) is 4.39 Å². The summed E-state index contributed by atoms with van der Waals surface area (Å²) in [5.41, 5.74) is 2.35. The molecule has 0 N–H and O–H groups in total. The van der Waals surface area contributed by atoms with Gasteiger partial charge in [-0.3, -0.25) is 0 Å². The SMILES string of the molecule is C=C(CN(C)C(=C)C1CCC(C)(F)CCC1C)c1ccccc1. The first-order chi connectivity index (χ1) is 10.8. The maximum absolute atomic E-state index is 14.3. The first-order valence-corrected chi connectivity index (χ1v) is 8.62.